The first-order valence-electron chi connectivity index (χ1n) is 10.2. The van der Waals surface area contributed by atoms with Crippen molar-refractivity contribution in [2.24, 2.45) is 0 Å². The summed E-state index contributed by atoms with van der Waals surface area (Å²) in [5.41, 5.74) is -3.57. The third-order valence-electron chi connectivity index (χ3n) is 5.20. The summed E-state index contributed by atoms with van der Waals surface area (Å²) < 4.78 is 77.2. The van der Waals surface area contributed by atoms with Gasteiger partial charge < -0.3 is 9.80 Å². The second-order valence-electron chi connectivity index (χ2n) is 7.51. The van der Waals surface area contributed by atoms with Gasteiger partial charge in [-0.3, -0.25) is 14.9 Å². The van der Waals surface area contributed by atoms with Gasteiger partial charge in [0.2, 0.25) is 11.9 Å². The van der Waals surface area contributed by atoms with Gasteiger partial charge in [0.1, 0.15) is 11.7 Å². The van der Waals surface area contributed by atoms with Crippen LogP contribution in [-0.2, 0) is 17.1 Å². The minimum absolute atomic E-state index is 0.0227. The second kappa shape index (κ2) is 9.95. The predicted molar refractivity (Wildman–Crippen MR) is 107 cm³/mol. The van der Waals surface area contributed by atoms with E-state index in [-0.39, 0.29) is 24.8 Å². The van der Waals surface area contributed by atoms with E-state index >= 15 is 0 Å². The molecule has 2 aromatic rings. The molecule has 3 heterocycles. The van der Waals surface area contributed by atoms with Crippen molar-refractivity contribution in [3.8, 4) is 0 Å². The van der Waals surface area contributed by atoms with Gasteiger partial charge in [-0.25, -0.2) is 14.6 Å². The maximum Gasteiger partial charge on any atom is 0.421 e. The molecule has 34 heavy (non-hydrogen) atoms. The lowest BCUT2D eigenvalue weighted by Crippen LogP contribution is -2.49. The monoisotopic (exact) mass is 493 g/mol. The van der Waals surface area contributed by atoms with Crippen LogP contribution in [0.25, 0.3) is 0 Å². The van der Waals surface area contributed by atoms with Gasteiger partial charge in [-0.05, 0) is 13.0 Å². The van der Waals surface area contributed by atoms with Crippen molar-refractivity contribution in [1.29, 1.82) is 0 Å². The van der Waals surface area contributed by atoms with E-state index in [0.29, 0.717) is 49.3 Å². The van der Waals surface area contributed by atoms with Gasteiger partial charge in [0.15, 0.2) is 0 Å². The summed E-state index contributed by atoms with van der Waals surface area (Å²) in [7, 11) is 0. The van der Waals surface area contributed by atoms with Crippen LogP contribution in [0.15, 0.2) is 29.5 Å². The molecule has 1 aliphatic rings. The Kier molecular flexibility index (Phi) is 7.43. The van der Waals surface area contributed by atoms with Gasteiger partial charge in [-0.1, -0.05) is 0 Å². The zero-order valence-electron chi connectivity index (χ0n) is 17.9. The van der Waals surface area contributed by atoms with Crippen LogP contribution < -0.4 is 15.8 Å². The molecule has 1 saturated heterocycles. The Balaban J connectivity index is 1.47. The first kappa shape index (κ1) is 25.4. The number of carbonyl (C=O) groups is 1. The molecular weight excluding hydrogens is 472 g/mol. The van der Waals surface area contributed by atoms with Crippen molar-refractivity contribution in [3.63, 3.8) is 0 Å². The molecule has 1 unspecified atom stereocenters. The van der Waals surface area contributed by atoms with Crippen LogP contribution in [0.1, 0.15) is 30.6 Å². The number of anilines is 1. The highest BCUT2D eigenvalue weighted by Crippen LogP contribution is 2.28. The molecule has 0 aromatic carbocycles. The van der Waals surface area contributed by atoms with Crippen LogP contribution in [0, 0.1) is 0 Å². The van der Waals surface area contributed by atoms with Crippen LogP contribution in [0.3, 0.4) is 0 Å². The van der Waals surface area contributed by atoms with E-state index in [9.17, 15) is 35.9 Å². The normalized spacial score (nSPS) is 16.0. The number of amides is 1. The molecule has 0 bridgehead atoms. The average Bonchev–Trinajstić information content (AvgIpc) is 2.78. The van der Waals surface area contributed by atoms with Gasteiger partial charge in [0, 0.05) is 57.7 Å². The van der Waals surface area contributed by atoms with Crippen molar-refractivity contribution >= 4 is 11.9 Å². The molecule has 9 nitrogen and oxygen atoms in total. The van der Waals surface area contributed by atoms with Crippen molar-refractivity contribution in [2.45, 2.75) is 31.9 Å². The van der Waals surface area contributed by atoms with Gasteiger partial charge in [-0.15, -0.1) is 0 Å². The third-order valence-corrected chi connectivity index (χ3v) is 5.20. The summed E-state index contributed by atoms with van der Waals surface area (Å²) in [5, 5.41) is 6.47. The van der Waals surface area contributed by atoms with Gasteiger partial charge >= 0.3 is 12.4 Å². The molecule has 0 spiro atoms. The van der Waals surface area contributed by atoms with E-state index in [4.69, 9.17) is 0 Å². The highest BCUT2D eigenvalue weighted by Gasteiger charge is 2.35. The number of nitrogens with zero attached hydrogens (tertiary/aromatic N) is 6. The van der Waals surface area contributed by atoms with E-state index in [1.807, 2.05) is 0 Å². The Bertz CT molecular complexity index is 1050. The lowest BCUT2D eigenvalue weighted by molar-refractivity contribution is -0.139. The summed E-state index contributed by atoms with van der Waals surface area (Å²) in [6, 6.07) is 0.602. The number of piperazine rings is 1. The summed E-state index contributed by atoms with van der Waals surface area (Å²) in [6.45, 7) is 2.78. The Morgan fingerprint density at radius 1 is 1.06 bits per heavy atom. The molecule has 2 aromatic heterocycles. The summed E-state index contributed by atoms with van der Waals surface area (Å²) in [6.07, 6.45) is -7.89. The zero-order valence-corrected chi connectivity index (χ0v) is 17.9. The smallest absolute Gasteiger partial charge is 0.339 e. The summed E-state index contributed by atoms with van der Waals surface area (Å²) in [5.74, 6) is -0.0911. The van der Waals surface area contributed by atoms with Crippen LogP contribution >= 0.6 is 0 Å². The lowest BCUT2D eigenvalue weighted by atomic mass is 10.2. The second-order valence-corrected chi connectivity index (χ2v) is 7.51. The molecule has 0 aliphatic carbocycles. The summed E-state index contributed by atoms with van der Waals surface area (Å²) in [4.78, 5) is 35.2. The Morgan fingerprint density at radius 3 is 2.24 bits per heavy atom. The first-order valence-corrected chi connectivity index (χ1v) is 10.2. The fourth-order valence-corrected chi connectivity index (χ4v) is 3.34. The molecule has 1 N–H and O–H groups in total. The highest BCUT2D eigenvalue weighted by molar-refractivity contribution is 5.76. The minimum atomic E-state index is -4.80. The molecule has 1 atom stereocenters. The Labute approximate surface area is 189 Å². The molecule has 15 heteroatoms. The van der Waals surface area contributed by atoms with Gasteiger partial charge in [0.25, 0.3) is 5.56 Å². The molecule has 1 aliphatic heterocycles. The van der Waals surface area contributed by atoms with E-state index in [1.54, 1.807) is 9.80 Å². The summed E-state index contributed by atoms with van der Waals surface area (Å²) >= 11 is 0. The first-order chi connectivity index (χ1) is 15.9. The fraction of sp³-hybridized carbons (Fsp3) is 0.526. The molecule has 1 fully saturated rings. The molecule has 186 valence electrons. The molecule has 1 amide bonds. The van der Waals surface area contributed by atoms with Crippen molar-refractivity contribution in [3.05, 3.63) is 46.1 Å². The van der Waals surface area contributed by atoms with Crippen LogP contribution in [0.4, 0.5) is 32.3 Å². The van der Waals surface area contributed by atoms with E-state index in [1.165, 1.54) is 6.92 Å². The predicted octanol–water partition coefficient (Wildman–Crippen LogP) is 1.92. The van der Waals surface area contributed by atoms with Gasteiger partial charge in [0.05, 0.1) is 5.56 Å². The molecule has 0 radical (unpaired) electrons. The van der Waals surface area contributed by atoms with Crippen LogP contribution in [0.5, 0.6) is 0 Å². The Morgan fingerprint density at radius 2 is 1.68 bits per heavy atom. The fourth-order valence-electron chi connectivity index (χ4n) is 3.34. The zero-order chi connectivity index (χ0) is 25.1. The van der Waals surface area contributed by atoms with Crippen LogP contribution in [-0.4, -0.2) is 63.3 Å². The Hall–Kier alpha value is -3.23. The number of halogens is 6. The third kappa shape index (κ3) is 6.01. The van der Waals surface area contributed by atoms with Crippen LogP contribution in [0.2, 0.25) is 0 Å². The lowest BCUT2D eigenvalue weighted by Gasteiger charge is -2.34. The largest absolute Gasteiger partial charge is 0.421 e. The quantitative estimate of drug-likeness (QED) is 0.615. The maximum absolute atomic E-state index is 12.9. The number of hydrogen-bond donors (Lipinski definition) is 1. The number of nitrogens with one attached hydrogen (secondary N) is 1. The molecular formula is C19H21F6N7O2. The van der Waals surface area contributed by atoms with E-state index < -0.39 is 35.2 Å². The average molecular weight is 493 g/mol. The number of rotatable bonds is 6. The van der Waals surface area contributed by atoms with Crippen molar-refractivity contribution in [1.82, 2.24) is 30.0 Å². The van der Waals surface area contributed by atoms with E-state index in [0.717, 1.165) is 6.20 Å². The number of aromatic nitrogens is 4. The SMILES string of the molecule is CC(NCCC(=O)N1CCN(c2ncc(C(F)(F)F)cn2)CC1)n1nccc(C(F)(F)F)c1=O. The highest BCUT2D eigenvalue weighted by atomic mass is 19.4. The minimum Gasteiger partial charge on any atom is -0.339 e. The number of hydrogen-bond acceptors (Lipinski definition) is 7. The van der Waals surface area contributed by atoms with Gasteiger partial charge in [-0.2, -0.15) is 31.4 Å². The number of carbonyl (C=O) groups excluding carboxylic acids is 1. The van der Waals surface area contributed by atoms with Crippen molar-refractivity contribution in [2.75, 3.05) is 37.6 Å². The topological polar surface area (TPSA) is 96.2 Å². The van der Waals surface area contributed by atoms with E-state index in [2.05, 4.69) is 20.4 Å². The number of alkyl halides is 6. The molecule has 3 rings (SSSR count). The standard InChI is InChI=1S/C19H21F6N7O2/c1-12(32-16(34)14(2-5-29-32)19(23,24)25)26-4-3-15(33)30-6-8-31(9-7-30)17-27-10-13(11-28-17)18(20,21)22/h2,5,10-12,26H,3-4,6-9H2,1H3. The molecule has 0 saturated carbocycles. The maximum atomic E-state index is 12.9. The van der Waals surface area contributed by atoms with Crippen molar-refractivity contribution < 1.29 is 31.1 Å².